The largest absolute Gasteiger partial charge is 0.396 e. The summed E-state index contributed by atoms with van der Waals surface area (Å²) in [5, 5.41) is 13.0. The smallest absolute Gasteiger partial charge is 0.0499 e. The first-order valence-corrected chi connectivity index (χ1v) is 7.49. The molecule has 0 heterocycles. The van der Waals surface area contributed by atoms with Gasteiger partial charge in [-0.25, -0.2) is 0 Å². The van der Waals surface area contributed by atoms with E-state index >= 15 is 0 Å². The van der Waals surface area contributed by atoms with Crippen molar-refractivity contribution >= 4 is 0 Å². The van der Waals surface area contributed by atoms with E-state index in [9.17, 15) is 5.11 Å². The van der Waals surface area contributed by atoms with Crippen LogP contribution < -0.4 is 5.32 Å². The maximum absolute atomic E-state index is 9.32. The Bertz CT molecular complexity index is 235. The molecule has 0 amide bonds. The molecule has 100 valence electrons. The molecule has 0 aromatic rings. The van der Waals surface area contributed by atoms with Crippen LogP contribution in [0.1, 0.15) is 58.8 Å². The van der Waals surface area contributed by atoms with Gasteiger partial charge in [-0.3, -0.25) is 0 Å². The molecule has 2 unspecified atom stereocenters. The average Bonchev–Trinajstić information content (AvgIpc) is 3.11. The van der Waals surface area contributed by atoms with E-state index in [0.29, 0.717) is 12.6 Å². The van der Waals surface area contributed by atoms with Crippen molar-refractivity contribution in [2.45, 2.75) is 64.8 Å². The monoisotopic (exact) mass is 239 g/mol. The second-order valence-corrected chi connectivity index (χ2v) is 6.75. The topological polar surface area (TPSA) is 32.3 Å². The highest BCUT2D eigenvalue weighted by atomic mass is 16.3. The molecule has 17 heavy (non-hydrogen) atoms. The predicted molar refractivity (Wildman–Crippen MR) is 72.0 cm³/mol. The lowest BCUT2D eigenvalue weighted by Crippen LogP contribution is -2.35. The minimum Gasteiger partial charge on any atom is -0.396 e. The Morgan fingerprint density at radius 3 is 2.53 bits per heavy atom. The fourth-order valence-corrected chi connectivity index (χ4v) is 3.13. The zero-order valence-corrected chi connectivity index (χ0v) is 11.5. The molecule has 2 N–H and O–H groups in total. The van der Waals surface area contributed by atoms with Crippen LogP contribution in [0.25, 0.3) is 0 Å². The van der Waals surface area contributed by atoms with Gasteiger partial charge in [0.25, 0.3) is 0 Å². The van der Waals surface area contributed by atoms with E-state index in [0.717, 1.165) is 18.4 Å². The molecule has 0 saturated heterocycles. The standard InChI is InChI=1S/C15H29NO/c1-12(2)13-4-3-5-14(7-6-13)16-10-15(11-17)8-9-15/h12-14,16-17H,3-11H2,1-2H3. The van der Waals surface area contributed by atoms with Crippen molar-refractivity contribution < 1.29 is 5.11 Å². The van der Waals surface area contributed by atoms with E-state index in [-0.39, 0.29) is 5.41 Å². The Hall–Kier alpha value is -0.0800. The average molecular weight is 239 g/mol. The lowest BCUT2D eigenvalue weighted by Gasteiger charge is -2.21. The van der Waals surface area contributed by atoms with Crippen LogP contribution in [0.15, 0.2) is 0 Å². The predicted octanol–water partition coefficient (Wildman–Crippen LogP) is 2.95. The zero-order valence-electron chi connectivity index (χ0n) is 11.5. The molecule has 2 fully saturated rings. The fraction of sp³-hybridized carbons (Fsp3) is 1.00. The maximum atomic E-state index is 9.32. The molecule has 0 aromatic carbocycles. The van der Waals surface area contributed by atoms with Crippen LogP contribution in [0.2, 0.25) is 0 Å². The molecule has 2 rings (SSSR count). The highest BCUT2D eigenvalue weighted by Gasteiger charge is 2.41. The van der Waals surface area contributed by atoms with E-state index in [1.807, 2.05) is 0 Å². The molecule has 2 nitrogen and oxygen atoms in total. The SMILES string of the molecule is CC(C)C1CCCC(NCC2(CO)CC2)CC1. The Morgan fingerprint density at radius 2 is 1.94 bits per heavy atom. The quantitative estimate of drug-likeness (QED) is 0.723. The van der Waals surface area contributed by atoms with Gasteiger partial charge in [0.15, 0.2) is 0 Å². The van der Waals surface area contributed by atoms with Crippen LogP contribution in [0.4, 0.5) is 0 Å². The first kappa shape index (κ1) is 13.4. The van der Waals surface area contributed by atoms with Gasteiger partial charge in [-0.2, -0.15) is 0 Å². The van der Waals surface area contributed by atoms with Crippen LogP contribution in [0.5, 0.6) is 0 Å². The molecule has 2 aliphatic carbocycles. The molecule has 2 saturated carbocycles. The van der Waals surface area contributed by atoms with Gasteiger partial charge >= 0.3 is 0 Å². The van der Waals surface area contributed by atoms with Gasteiger partial charge < -0.3 is 10.4 Å². The van der Waals surface area contributed by atoms with Crippen molar-refractivity contribution in [3.05, 3.63) is 0 Å². The number of rotatable bonds is 5. The van der Waals surface area contributed by atoms with Gasteiger partial charge in [-0.05, 0) is 43.9 Å². The summed E-state index contributed by atoms with van der Waals surface area (Å²) in [6.07, 6.45) is 9.31. The fourth-order valence-electron chi connectivity index (χ4n) is 3.13. The first-order chi connectivity index (χ1) is 8.15. The number of hydrogen-bond acceptors (Lipinski definition) is 2. The summed E-state index contributed by atoms with van der Waals surface area (Å²) in [5.41, 5.74) is 0.268. The molecule has 2 aliphatic rings. The minimum atomic E-state index is 0.268. The van der Waals surface area contributed by atoms with Gasteiger partial charge in [-0.15, -0.1) is 0 Å². The van der Waals surface area contributed by atoms with Crippen molar-refractivity contribution in [3.8, 4) is 0 Å². The third-order valence-corrected chi connectivity index (χ3v) is 5.01. The van der Waals surface area contributed by atoms with Crippen molar-refractivity contribution in [1.29, 1.82) is 0 Å². The molecular weight excluding hydrogens is 210 g/mol. The van der Waals surface area contributed by atoms with Crippen LogP contribution in [0, 0.1) is 17.3 Å². The summed E-state index contributed by atoms with van der Waals surface area (Å²) >= 11 is 0. The van der Waals surface area contributed by atoms with E-state index in [2.05, 4.69) is 19.2 Å². The summed E-state index contributed by atoms with van der Waals surface area (Å²) in [6.45, 7) is 6.15. The molecule has 0 radical (unpaired) electrons. The van der Waals surface area contributed by atoms with Crippen LogP contribution in [-0.4, -0.2) is 24.3 Å². The molecule has 0 bridgehead atoms. The van der Waals surface area contributed by atoms with Gasteiger partial charge in [0.1, 0.15) is 0 Å². The molecule has 0 aliphatic heterocycles. The normalized spacial score (nSPS) is 32.5. The third kappa shape index (κ3) is 3.69. The minimum absolute atomic E-state index is 0.268. The van der Waals surface area contributed by atoms with E-state index in [4.69, 9.17) is 0 Å². The molecular formula is C15H29NO. The van der Waals surface area contributed by atoms with Crippen LogP contribution in [-0.2, 0) is 0 Å². The first-order valence-electron chi connectivity index (χ1n) is 7.49. The number of aliphatic hydroxyl groups is 1. The zero-order chi connectivity index (χ0) is 12.3. The van der Waals surface area contributed by atoms with Gasteiger partial charge in [-0.1, -0.05) is 26.7 Å². The van der Waals surface area contributed by atoms with Gasteiger partial charge in [0, 0.05) is 24.6 Å². The second-order valence-electron chi connectivity index (χ2n) is 6.75. The second kappa shape index (κ2) is 5.71. The summed E-state index contributed by atoms with van der Waals surface area (Å²) in [5.74, 6) is 1.79. The summed E-state index contributed by atoms with van der Waals surface area (Å²) in [6, 6.07) is 0.711. The maximum Gasteiger partial charge on any atom is 0.0499 e. The highest BCUT2D eigenvalue weighted by Crippen LogP contribution is 2.44. The number of nitrogens with one attached hydrogen (secondary N) is 1. The lowest BCUT2D eigenvalue weighted by molar-refractivity contribution is 0.202. The Morgan fingerprint density at radius 1 is 1.18 bits per heavy atom. The van der Waals surface area contributed by atoms with E-state index in [1.165, 1.54) is 44.9 Å². The van der Waals surface area contributed by atoms with Crippen LogP contribution in [0.3, 0.4) is 0 Å². The number of hydrogen-bond donors (Lipinski definition) is 2. The van der Waals surface area contributed by atoms with Crippen LogP contribution >= 0.6 is 0 Å². The van der Waals surface area contributed by atoms with Gasteiger partial charge in [0.05, 0.1) is 0 Å². The lowest BCUT2D eigenvalue weighted by atomic mass is 9.89. The molecule has 2 heteroatoms. The van der Waals surface area contributed by atoms with E-state index in [1.54, 1.807) is 0 Å². The Labute approximate surface area is 106 Å². The van der Waals surface area contributed by atoms with E-state index < -0.39 is 0 Å². The third-order valence-electron chi connectivity index (χ3n) is 5.01. The molecule has 0 aromatic heterocycles. The number of aliphatic hydroxyl groups excluding tert-OH is 1. The Balaban J connectivity index is 1.71. The van der Waals surface area contributed by atoms with Crippen molar-refractivity contribution in [3.63, 3.8) is 0 Å². The van der Waals surface area contributed by atoms with Crippen molar-refractivity contribution in [2.75, 3.05) is 13.2 Å². The molecule has 0 spiro atoms. The highest BCUT2D eigenvalue weighted by molar-refractivity contribution is 4.95. The van der Waals surface area contributed by atoms with Crippen molar-refractivity contribution in [1.82, 2.24) is 5.32 Å². The summed E-state index contributed by atoms with van der Waals surface area (Å²) in [7, 11) is 0. The van der Waals surface area contributed by atoms with Crippen molar-refractivity contribution in [2.24, 2.45) is 17.3 Å². The summed E-state index contributed by atoms with van der Waals surface area (Å²) in [4.78, 5) is 0. The summed E-state index contributed by atoms with van der Waals surface area (Å²) < 4.78 is 0. The van der Waals surface area contributed by atoms with Gasteiger partial charge in [0.2, 0.25) is 0 Å². The molecule has 2 atom stereocenters. The Kier molecular flexibility index (Phi) is 4.48.